The van der Waals surface area contributed by atoms with Gasteiger partial charge >= 0.3 is 5.97 Å². The first-order valence-electron chi connectivity index (χ1n) is 10.1. The smallest absolute Gasteiger partial charge is 0.312 e. The third-order valence-electron chi connectivity index (χ3n) is 5.10. The summed E-state index contributed by atoms with van der Waals surface area (Å²) in [5.74, 6) is 0.0912. The van der Waals surface area contributed by atoms with E-state index in [-0.39, 0.29) is 12.4 Å². The van der Waals surface area contributed by atoms with Crippen molar-refractivity contribution in [1.82, 2.24) is 15.0 Å². The van der Waals surface area contributed by atoms with Gasteiger partial charge in [-0.05, 0) is 80.1 Å². The maximum Gasteiger partial charge on any atom is 0.312 e. The molecule has 2 aromatic carbocycles. The molecule has 4 aromatic rings. The quantitative estimate of drug-likeness (QED) is 0.407. The number of hydrogen-bond acceptors (Lipinski definition) is 4. The molecular weight excluding hydrogens is 409 g/mol. The first-order chi connectivity index (χ1) is 15.3. The predicted molar refractivity (Wildman–Crippen MR) is 120 cm³/mol. The molecule has 0 radical (unpaired) electrons. The number of pyridine rings is 1. The number of rotatable bonds is 7. The van der Waals surface area contributed by atoms with Gasteiger partial charge in [-0.1, -0.05) is 0 Å². The second kappa shape index (κ2) is 8.63. The Labute approximate surface area is 184 Å². The molecule has 0 aliphatic heterocycles. The van der Waals surface area contributed by atoms with Crippen LogP contribution in [0.25, 0.3) is 33.9 Å². The number of H-pyrrole nitrogens is 1. The van der Waals surface area contributed by atoms with Gasteiger partial charge in [0.2, 0.25) is 0 Å². The van der Waals surface area contributed by atoms with Crippen molar-refractivity contribution in [2.75, 3.05) is 6.61 Å². The third kappa shape index (κ3) is 4.67. The highest BCUT2D eigenvalue weighted by molar-refractivity contribution is 5.73. The van der Waals surface area contributed by atoms with Gasteiger partial charge in [-0.25, -0.2) is 9.37 Å². The number of benzene rings is 2. The van der Waals surface area contributed by atoms with Gasteiger partial charge in [-0.15, -0.1) is 0 Å². The standard InChI is InChI=1S/C25H22FN3O3/c1-25(2,24(30)31)15-32-20-10-5-16(6-11-20)21-12-7-18(13-27-21)23-28-14-22(29-23)17-3-8-19(26)9-4-17/h3-14H,15H2,1-2H3,(H,28,29)(H,30,31). The van der Waals surface area contributed by atoms with Crippen LogP contribution >= 0.6 is 0 Å². The summed E-state index contributed by atoms with van der Waals surface area (Å²) < 4.78 is 18.7. The average molecular weight is 431 g/mol. The van der Waals surface area contributed by atoms with Gasteiger partial charge < -0.3 is 14.8 Å². The second-order valence-corrected chi connectivity index (χ2v) is 8.09. The maximum absolute atomic E-state index is 13.1. The predicted octanol–water partition coefficient (Wildman–Crippen LogP) is 5.43. The number of halogens is 1. The molecule has 0 fully saturated rings. The van der Waals surface area contributed by atoms with Crippen LogP contribution < -0.4 is 4.74 Å². The molecule has 4 rings (SSSR count). The molecule has 162 valence electrons. The molecule has 0 bridgehead atoms. The van der Waals surface area contributed by atoms with Crippen molar-refractivity contribution in [1.29, 1.82) is 0 Å². The van der Waals surface area contributed by atoms with Crippen LogP contribution in [-0.4, -0.2) is 32.6 Å². The summed E-state index contributed by atoms with van der Waals surface area (Å²) in [6, 6.07) is 17.4. The summed E-state index contributed by atoms with van der Waals surface area (Å²) in [6.07, 6.45) is 3.45. The van der Waals surface area contributed by atoms with E-state index in [1.54, 1.807) is 50.5 Å². The van der Waals surface area contributed by atoms with E-state index in [0.717, 1.165) is 28.1 Å². The van der Waals surface area contributed by atoms with Crippen molar-refractivity contribution in [3.8, 4) is 39.7 Å². The second-order valence-electron chi connectivity index (χ2n) is 8.09. The van der Waals surface area contributed by atoms with E-state index < -0.39 is 11.4 Å². The van der Waals surface area contributed by atoms with Crippen LogP contribution in [0.15, 0.2) is 73.1 Å². The SMILES string of the molecule is CC(C)(COc1ccc(-c2ccc(-c3ncc(-c4ccc(F)cc4)[nH]3)cn2)cc1)C(=O)O. The number of carbonyl (C=O) groups is 1. The van der Waals surface area contributed by atoms with Gasteiger partial charge in [0.25, 0.3) is 0 Å². The molecule has 0 saturated heterocycles. The van der Waals surface area contributed by atoms with Crippen molar-refractivity contribution in [2.24, 2.45) is 5.41 Å². The zero-order chi connectivity index (χ0) is 22.7. The van der Waals surface area contributed by atoms with Gasteiger partial charge in [0.05, 0.1) is 23.0 Å². The van der Waals surface area contributed by atoms with Crippen LogP contribution in [0, 0.1) is 11.2 Å². The molecule has 0 spiro atoms. The lowest BCUT2D eigenvalue weighted by Crippen LogP contribution is -2.30. The Morgan fingerprint density at radius 3 is 2.22 bits per heavy atom. The number of ether oxygens (including phenoxy) is 1. The number of carboxylic acid groups (broad SMARTS) is 1. The van der Waals surface area contributed by atoms with E-state index in [2.05, 4.69) is 15.0 Å². The van der Waals surface area contributed by atoms with E-state index >= 15 is 0 Å². The highest BCUT2D eigenvalue weighted by atomic mass is 19.1. The highest BCUT2D eigenvalue weighted by Crippen LogP contribution is 2.26. The summed E-state index contributed by atoms with van der Waals surface area (Å²) in [6.45, 7) is 3.32. The molecule has 0 amide bonds. The molecule has 0 aliphatic rings. The molecular formula is C25H22FN3O3. The minimum atomic E-state index is -0.960. The lowest BCUT2D eigenvalue weighted by atomic mass is 9.95. The van der Waals surface area contributed by atoms with Crippen LogP contribution in [0.4, 0.5) is 4.39 Å². The van der Waals surface area contributed by atoms with Crippen molar-refractivity contribution >= 4 is 5.97 Å². The number of nitrogens with zero attached hydrogens (tertiary/aromatic N) is 2. The molecule has 2 heterocycles. The van der Waals surface area contributed by atoms with Crippen molar-refractivity contribution in [3.05, 3.63) is 78.9 Å². The summed E-state index contributed by atoms with van der Waals surface area (Å²) in [7, 11) is 0. The minimum Gasteiger partial charge on any atom is -0.492 e. The summed E-state index contributed by atoms with van der Waals surface area (Å²) in [5, 5.41) is 9.18. The Balaban J connectivity index is 1.45. The number of imidazole rings is 1. The van der Waals surface area contributed by atoms with Crippen LogP contribution in [0.1, 0.15) is 13.8 Å². The molecule has 2 N–H and O–H groups in total. The van der Waals surface area contributed by atoms with E-state index in [1.165, 1.54) is 12.1 Å². The van der Waals surface area contributed by atoms with Crippen LogP contribution in [0.2, 0.25) is 0 Å². The van der Waals surface area contributed by atoms with Crippen molar-refractivity contribution in [3.63, 3.8) is 0 Å². The van der Waals surface area contributed by atoms with E-state index in [4.69, 9.17) is 4.74 Å². The van der Waals surface area contributed by atoms with Crippen molar-refractivity contribution < 1.29 is 19.0 Å². The summed E-state index contributed by atoms with van der Waals surface area (Å²) in [5.41, 5.74) is 3.22. The van der Waals surface area contributed by atoms with Gasteiger partial charge in [-0.2, -0.15) is 0 Å². The zero-order valence-electron chi connectivity index (χ0n) is 17.7. The molecule has 6 nitrogen and oxygen atoms in total. The van der Waals surface area contributed by atoms with Crippen LogP contribution in [0.5, 0.6) is 5.75 Å². The largest absolute Gasteiger partial charge is 0.492 e. The topological polar surface area (TPSA) is 88.1 Å². The fourth-order valence-corrected chi connectivity index (χ4v) is 3.00. The number of aromatic amines is 1. The minimum absolute atomic E-state index is 0.0810. The number of aliphatic carboxylic acids is 1. The molecule has 2 aromatic heterocycles. The van der Waals surface area contributed by atoms with Gasteiger partial charge in [0.1, 0.15) is 24.0 Å². The zero-order valence-corrected chi connectivity index (χ0v) is 17.7. The molecule has 0 saturated carbocycles. The van der Waals surface area contributed by atoms with Gasteiger partial charge in [-0.3, -0.25) is 9.78 Å². The van der Waals surface area contributed by atoms with Crippen molar-refractivity contribution in [2.45, 2.75) is 13.8 Å². The highest BCUT2D eigenvalue weighted by Gasteiger charge is 2.28. The average Bonchev–Trinajstić information content (AvgIpc) is 3.29. The lowest BCUT2D eigenvalue weighted by molar-refractivity contribution is -0.148. The number of nitrogens with one attached hydrogen (secondary N) is 1. The normalized spacial score (nSPS) is 11.3. The lowest BCUT2D eigenvalue weighted by Gasteiger charge is -2.19. The van der Waals surface area contributed by atoms with Crippen LogP contribution in [-0.2, 0) is 4.79 Å². The Hall–Kier alpha value is -4.00. The number of hydrogen-bond donors (Lipinski definition) is 2. The molecule has 0 atom stereocenters. The molecule has 7 heteroatoms. The Morgan fingerprint density at radius 2 is 1.59 bits per heavy atom. The fraction of sp³-hybridized carbons (Fsp3) is 0.160. The Kier molecular flexibility index (Phi) is 5.73. The van der Waals surface area contributed by atoms with Crippen LogP contribution in [0.3, 0.4) is 0 Å². The molecule has 0 unspecified atom stereocenters. The molecule has 32 heavy (non-hydrogen) atoms. The maximum atomic E-state index is 13.1. The first-order valence-corrected chi connectivity index (χ1v) is 10.1. The Morgan fingerprint density at radius 1 is 0.938 bits per heavy atom. The third-order valence-corrected chi connectivity index (χ3v) is 5.10. The van der Waals surface area contributed by atoms with E-state index in [0.29, 0.717) is 11.6 Å². The van der Waals surface area contributed by atoms with Gasteiger partial charge in [0.15, 0.2) is 0 Å². The molecule has 0 aliphatic carbocycles. The first kappa shape index (κ1) is 21.2. The monoisotopic (exact) mass is 431 g/mol. The summed E-state index contributed by atoms with van der Waals surface area (Å²) >= 11 is 0. The summed E-state index contributed by atoms with van der Waals surface area (Å²) in [4.78, 5) is 23.4. The number of carboxylic acids is 1. The Bertz CT molecular complexity index is 1210. The van der Waals surface area contributed by atoms with Gasteiger partial charge in [0, 0.05) is 17.3 Å². The van der Waals surface area contributed by atoms with E-state index in [1.807, 2.05) is 24.3 Å². The fourth-order valence-electron chi connectivity index (χ4n) is 3.00. The number of aromatic nitrogens is 3. The van der Waals surface area contributed by atoms with E-state index in [9.17, 15) is 14.3 Å².